The molecule has 7 rings (SSSR count). The second kappa shape index (κ2) is 33.6. The summed E-state index contributed by atoms with van der Waals surface area (Å²) in [7, 11) is 7.88. The Balaban J connectivity index is 0.000000394. The summed E-state index contributed by atoms with van der Waals surface area (Å²) in [5, 5.41) is 17.3. The second-order valence-corrected chi connectivity index (χ2v) is 25.8. The maximum atomic E-state index is 11.9. The number of carbonyl (C=O) groups excluding carboxylic acids is 3. The Morgan fingerprint density at radius 3 is 1.30 bits per heavy atom. The number of aldehydes is 1. The number of rotatable bonds is 15. The minimum atomic E-state index is -3.04. The normalized spacial score (nSPS) is 10.8. The maximum absolute atomic E-state index is 11.9. The van der Waals surface area contributed by atoms with Gasteiger partial charge in [0.15, 0.2) is 6.29 Å². The fraction of sp³-hybridized carbons (Fsp3) is 0.254. The van der Waals surface area contributed by atoms with Gasteiger partial charge in [0.05, 0.1) is 46.2 Å². The van der Waals surface area contributed by atoms with E-state index in [0.717, 1.165) is 62.9 Å². The largest absolute Gasteiger partial charge is 1.00 e. The van der Waals surface area contributed by atoms with Crippen LogP contribution in [0.2, 0.25) is 0 Å². The van der Waals surface area contributed by atoms with Gasteiger partial charge in [-0.3, -0.25) is 4.79 Å². The number of esters is 2. The fourth-order valence-corrected chi connectivity index (χ4v) is 15.9. The Hall–Kier alpha value is -6.48. The van der Waals surface area contributed by atoms with Crippen LogP contribution in [0.5, 0.6) is 23.0 Å². The molecule has 0 fully saturated rings. The van der Waals surface area contributed by atoms with Crippen LogP contribution in [0.1, 0.15) is 90.8 Å². The molecular formula is C63H73BrLiO11P. The molecule has 14 heteroatoms. The van der Waals surface area contributed by atoms with Gasteiger partial charge in [-0.15, -0.1) is 6.61 Å². The van der Waals surface area contributed by atoms with Gasteiger partial charge in [0, 0.05) is 12.2 Å². The SMILES string of the molecule is CCO.CCOC(=O)c1ccc(/C=C/c2cc(OC)c(C)c(C)c2OC)cc1.CC[O-].COC(=O)c1ccc(CP(Br)(c2ccccc2)(c2ccccc2)c2ccccc2)cc1.COc1cc(C=O)c(OC)c(C)c1C.[Li+]. The van der Waals surface area contributed by atoms with E-state index in [1.54, 1.807) is 67.4 Å². The third-order valence-electron chi connectivity index (χ3n) is 12.2. The van der Waals surface area contributed by atoms with Crippen LogP contribution < -0.4 is 58.8 Å². The van der Waals surface area contributed by atoms with Crippen LogP contribution in [-0.4, -0.2) is 78.7 Å². The summed E-state index contributed by atoms with van der Waals surface area (Å²) in [5.41, 5.74) is 8.75. The van der Waals surface area contributed by atoms with Gasteiger partial charge in [0.1, 0.15) is 23.0 Å². The molecule has 1 N–H and O–H groups in total. The van der Waals surface area contributed by atoms with Gasteiger partial charge in [-0.05, 0) is 93.6 Å². The second-order valence-electron chi connectivity index (χ2n) is 16.8. The zero-order valence-electron chi connectivity index (χ0n) is 46.8. The first-order chi connectivity index (χ1) is 36.5. The zero-order chi connectivity index (χ0) is 56.3. The van der Waals surface area contributed by atoms with Crippen LogP contribution in [-0.2, 0) is 15.6 Å². The summed E-state index contributed by atoms with van der Waals surface area (Å²) in [6, 6.07) is 50.8. The molecular weight excluding hydrogens is 1050 g/mol. The number of aliphatic hydroxyl groups excluding tert-OH is 1. The molecule has 0 amide bonds. The summed E-state index contributed by atoms with van der Waals surface area (Å²) in [6.07, 6.45) is 5.51. The molecule has 11 nitrogen and oxygen atoms in total. The van der Waals surface area contributed by atoms with E-state index in [4.69, 9.17) is 38.6 Å². The number of benzene rings is 7. The summed E-state index contributed by atoms with van der Waals surface area (Å²) in [5.74, 6) is 2.37. The Labute approximate surface area is 476 Å². The zero-order valence-corrected chi connectivity index (χ0v) is 49.3. The molecule has 0 aliphatic carbocycles. The fourth-order valence-electron chi connectivity index (χ4n) is 8.23. The van der Waals surface area contributed by atoms with Crippen molar-refractivity contribution < 1.29 is 71.9 Å². The van der Waals surface area contributed by atoms with Gasteiger partial charge in [0.2, 0.25) is 0 Å². The third-order valence-corrected chi connectivity index (χ3v) is 21.8. The van der Waals surface area contributed by atoms with Crippen molar-refractivity contribution >= 4 is 67.1 Å². The van der Waals surface area contributed by atoms with Gasteiger partial charge < -0.3 is 33.9 Å². The molecule has 7 aromatic carbocycles. The molecule has 0 heterocycles. The average molecular weight is 1120 g/mol. The van der Waals surface area contributed by atoms with Crippen LogP contribution in [0.3, 0.4) is 0 Å². The van der Waals surface area contributed by atoms with Crippen LogP contribution in [0.4, 0.5) is 0 Å². The molecule has 0 atom stereocenters. The van der Waals surface area contributed by atoms with Crippen LogP contribution in [0.25, 0.3) is 12.2 Å². The smallest absolute Gasteiger partial charge is 0.496 e. The minimum Gasteiger partial charge on any atom is -0.496 e. The predicted molar refractivity (Wildman–Crippen MR) is 314 cm³/mol. The number of halogens is 1. The molecule has 7 aromatic rings. The van der Waals surface area contributed by atoms with Gasteiger partial charge in [0.25, 0.3) is 0 Å². The third kappa shape index (κ3) is 17.3. The summed E-state index contributed by atoms with van der Waals surface area (Å²) < 4.78 is 31.2. The van der Waals surface area contributed by atoms with E-state index in [1.807, 2.05) is 82.3 Å². The van der Waals surface area contributed by atoms with E-state index < -0.39 is 5.31 Å². The van der Waals surface area contributed by atoms with Gasteiger partial charge in [-0.25, -0.2) is 4.79 Å². The summed E-state index contributed by atoms with van der Waals surface area (Å²) >= 11 is 4.45. The van der Waals surface area contributed by atoms with Crippen LogP contribution in [0, 0.1) is 27.7 Å². The molecule has 0 saturated heterocycles. The standard InChI is InChI=1S/C27H24BrO2P.C21H24O4.C11H14O3.C2H6O.C2H5O.Li/c1-30-27(29)23-19-17-22(18-20-23)21-31(28,24-11-5-2-6-12-24,25-13-7-3-8-14-25)26-15-9-4-10-16-26;1-6-25-21(22)17-10-7-16(8-11-17)9-12-18-13-19(23-4)14(2)15(3)20(18)24-5;1-7-8(2)11(14-4)9(6-12)5-10(7)13-3;2*1-2-3;/h2-20H,21H2,1H3;7-13H,6H2,1-5H3;5-6H,1-4H3;3H,2H2,1H3;2H2,1H3;/q;;;;-1;+1/b;12-9+;;;;. The Morgan fingerprint density at radius 1 is 0.558 bits per heavy atom. The van der Waals surface area contributed by atoms with Crippen molar-refractivity contribution in [2.75, 3.05) is 55.4 Å². The predicted octanol–water partition coefficient (Wildman–Crippen LogP) is 8.98. The first kappa shape index (κ1) is 66.6. The molecule has 0 bridgehead atoms. The van der Waals surface area contributed by atoms with Crippen molar-refractivity contribution in [3.63, 3.8) is 0 Å². The Kier molecular flexibility index (Phi) is 29.1. The quantitative estimate of drug-likeness (QED) is 0.0345. The topological polar surface area (TPSA) is 150 Å². The van der Waals surface area contributed by atoms with Gasteiger partial charge >= 0.3 is 217 Å². The van der Waals surface area contributed by atoms with E-state index >= 15 is 0 Å². The van der Waals surface area contributed by atoms with E-state index in [-0.39, 0.29) is 44.0 Å². The molecule has 0 unspecified atom stereocenters. The molecule has 0 saturated carbocycles. The Morgan fingerprint density at radius 2 is 0.935 bits per heavy atom. The first-order valence-corrected chi connectivity index (χ1v) is 29.1. The summed E-state index contributed by atoms with van der Waals surface area (Å²) in [4.78, 5) is 34.4. The molecule has 0 radical (unpaired) electrons. The van der Waals surface area contributed by atoms with E-state index in [9.17, 15) is 14.4 Å². The van der Waals surface area contributed by atoms with Crippen molar-refractivity contribution in [3.8, 4) is 23.0 Å². The Bertz CT molecular complexity index is 2830. The molecule has 77 heavy (non-hydrogen) atoms. The van der Waals surface area contributed by atoms with E-state index in [0.29, 0.717) is 34.8 Å². The minimum absolute atomic E-state index is 0. The molecule has 0 aliphatic heterocycles. The van der Waals surface area contributed by atoms with E-state index in [1.165, 1.54) is 23.0 Å². The monoisotopic (exact) mass is 1120 g/mol. The average Bonchev–Trinajstić information content (AvgIpc) is 3.49. The van der Waals surface area contributed by atoms with Gasteiger partial charge in [-0.1, -0.05) is 31.2 Å². The van der Waals surface area contributed by atoms with Crippen molar-refractivity contribution in [3.05, 3.63) is 207 Å². The number of carbonyl (C=O) groups is 3. The molecule has 404 valence electrons. The maximum Gasteiger partial charge on any atom is 1.00 e. The van der Waals surface area contributed by atoms with Crippen LogP contribution in [0.15, 0.2) is 152 Å². The number of hydrogen-bond donors (Lipinski definition) is 1. The number of hydrogen-bond acceptors (Lipinski definition) is 11. The van der Waals surface area contributed by atoms with Crippen molar-refractivity contribution in [1.82, 2.24) is 0 Å². The molecule has 0 aliphatic rings. The number of aliphatic hydroxyl groups is 1. The van der Waals surface area contributed by atoms with Gasteiger partial charge in [-0.2, -0.15) is 0 Å². The van der Waals surface area contributed by atoms with E-state index in [2.05, 4.69) is 106 Å². The first-order valence-electron chi connectivity index (χ1n) is 24.7. The summed E-state index contributed by atoms with van der Waals surface area (Å²) in [6.45, 7) is 13.5. The van der Waals surface area contributed by atoms with Crippen molar-refractivity contribution in [2.45, 2.75) is 54.6 Å². The molecule has 0 spiro atoms. The number of methoxy groups -OCH3 is 5. The number of ether oxygens (including phenoxy) is 6. The van der Waals surface area contributed by atoms with Crippen LogP contribution >= 0.6 is 20.8 Å². The molecule has 0 aromatic heterocycles. The van der Waals surface area contributed by atoms with Crippen molar-refractivity contribution in [2.24, 2.45) is 0 Å². The van der Waals surface area contributed by atoms with Crippen molar-refractivity contribution in [1.29, 1.82) is 0 Å².